The van der Waals surface area contributed by atoms with E-state index < -0.39 is 0 Å². The summed E-state index contributed by atoms with van der Waals surface area (Å²) in [5.41, 5.74) is 0.367. The second kappa shape index (κ2) is 6.65. The number of hydrogen-bond acceptors (Lipinski definition) is 2. The van der Waals surface area contributed by atoms with E-state index in [0.29, 0.717) is 37.0 Å². The lowest BCUT2D eigenvalue weighted by atomic mass is 9.69. The number of carbonyl (C=O) groups is 1. The fourth-order valence-corrected chi connectivity index (χ4v) is 3.77. The van der Waals surface area contributed by atoms with Crippen LogP contribution in [0.4, 0.5) is 0 Å². The molecule has 0 N–H and O–H groups in total. The average Bonchev–Trinajstić information content (AvgIpc) is 2.45. The number of rotatable bonds is 2. The second-order valence-corrected chi connectivity index (χ2v) is 7.64. The van der Waals surface area contributed by atoms with Crippen LogP contribution in [0.2, 0.25) is 0 Å². The van der Waals surface area contributed by atoms with Crippen molar-refractivity contribution in [2.45, 2.75) is 52.5 Å². The van der Waals surface area contributed by atoms with E-state index in [-0.39, 0.29) is 12.0 Å². The van der Waals surface area contributed by atoms with Gasteiger partial charge in [0.2, 0.25) is 5.91 Å². The predicted molar refractivity (Wildman–Crippen MR) is 81.9 cm³/mol. The molecule has 20 heavy (non-hydrogen) atoms. The van der Waals surface area contributed by atoms with Crippen LogP contribution in [0.5, 0.6) is 0 Å². The SMILES string of the molecule is CC(C)(C)C1CCC(C(=O)N2CCOCC2CCl)CC1. The molecule has 1 saturated heterocycles. The Bertz CT molecular complexity index is 332. The van der Waals surface area contributed by atoms with Crippen LogP contribution in [0.3, 0.4) is 0 Å². The third-order valence-electron chi connectivity index (χ3n) is 4.99. The lowest BCUT2D eigenvalue weighted by Crippen LogP contribution is -2.52. The van der Waals surface area contributed by atoms with Crippen molar-refractivity contribution < 1.29 is 9.53 Å². The Kier molecular flexibility index (Phi) is 5.36. The van der Waals surface area contributed by atoms with Gasteiger partial charge in [-0.3, -0.25) is 4.79 Å². The minimum absolute atomic E-state index is 0.0678. The summed E-state index contributed by atoms with van der Waals surface area (Å²) < 4.78 is 5.42. The molecule has 2 rings (SSSR count). The van der Waals surface area contributed by atoms with Gasteiger partial charge >= 0.3 is 0 Å². The van der Waals surface area contributed by atoms with E-state index in [9.17, 15) is 4.79 Å². The molecule has 2 aliphatic rings. The van der Waals surface area contributed by atoms with Crippen LogP contribution in [-0.2, 0) is 9.53 Å². The molecule has 1 heterocycles. The predicted octanol–water partition coefficient (Wildman–Crippen LogP) is 3.31. The van der Waals surface area contributed by atoms with Crippen molar-refractivity contribution in [1.82, 2.24) is 4.90 Å². The maximum atomic E-state index is 12.7. The molecule has 1 amide bonds. The Morgan fingerprint density at radius 1 is 1.25 bits per heavy atom. The number of amides is 1. The first-order valence-corrected chi connectivity index (χ1v) is 8.41. The van der Waals surface area contributed by atoms with Gasteiger partial charge in [0, 0.05) is 18.3 Å². The van der Waals surface area contributed by atoms with Crippen molar-refractivity contribution in [2.24, 2.45) is 17.3 Å². The van der Waals surface area contributed by atoms with Crippen molar-refractivity contribution in [3.8, 4) is 0 Å². The largest absolute Gasteiger partial charge is 0.377 e. The van der Waals surface area contributed by atoms with Crippen molar-refractivity contribution in [2.75, 3.05) is 25.6 Å². The number of nitrogens with zero attached hydrogens (tertiary/aromatic N) is 1. The van der Waals surface area contributed by atoms with Gasteiger partial charge in [0.25, 0.3) is 0 Å². The maximum absolute atomic E-state index is 12.7. The van der Waals surface area contributed by atoms with Gasteiger partial charge < -0.3 is 9.64 Å². The quantitative estimate of drug-likeness (QED) is 0.732. The van der Waals surface area contributed by atoms with E-state index in [2.05, 4.69) is 20.8 Å². The Hall–Kier alpha value is -0.280. The molecule has 4 heteroatoms. The van der Waals surface area contributed by atoms with E-state index in [4.69, 9.17) is 16.3 Å². The number of hydrogen-bond donors (Lipinski definition) is 0. The molecule has 1 aliphatic heterocycles. The van der Waals surface area contributed by atoms with Crippen molar-refractivity contribution >= 4 is 17.5 Å². The third kappa shape index (κ3) is 3.67. The Labute approximate surface area is 128 Å². The Morgan fingerprint density at radius 2 is 1.90 bits per heavy atom. The highest BCUT2D eigenvalue weighted by Crippen LogP contribution is 2.40. The second-order valence-electron chi connectivity index (χ2n) is 7.33. The first-order valence-electron chi connectivity index (χ1n) is 7.87. The smallest absolute Gasteiger partial charge is 0.226 e. The van der Waals surface area contributed by atoms with Gasteiger partial charge in [-0.1, -0.05) is 20.8 Å². The van der Waals surface area contributed by atoms with Crippen LogP contribution >= 0.6 is 11.6 Å². The van der Waals surface area contributed by atoms with Gasteiger partial charge in [-0.05, 0) is 37.0 Å². The molecular weight excluding hydrogens is 274 g/mol. The van der Waals surface area contributed by atoms with Crippen LogP contribution in [0.15, 0.2) is 0 Å². The third-order valence-corrected chi connectivity index (χ3v) is 5.35. The molecular formula is C16H28ClNO2. The molecule has 3 nitrogen and oxygen atoms in total. The number of morpholine rings is 1. The number of halogens is 1. The Balaban J connectivity index is 1.91. The molecule has 2 fully saturated rings. The monoisotopic (exact) mass is 301 g/mol. The fraction of sp³-hybridized carbons (Fsp3) is 0.938. The van der Waals surface area contributed by atoms with Crippen LogP contribution in [0.1, 0.15) is 46.5 Å². The summed E-state index contributed by atoms with van der Waals surface area (Å²) in [6, 6.07) is 0.0678. The zero-order chi connectivity index (χ0) is 14.8. The fourth-order valence-electron chi connectivity index (χ4n) is 3.51. The van der Waals surface area contributed by atoms with E-state index in [1.807, 2.05) is 4.90 Å². The zero-order valence-corrected chi connectivity index (χ0v) is 13.8. The van der Waals surface area contributed by atoms with Crippen molar-refractivity contribution in [3.63, 3.8) is 0 Å². The van der Waals surface area contributed by atoms with E-state index in [1.165, 1.54) is 12.8 Å². The molecule has 0 spiro atoms. The Morgan fingerprint density at radius 3 is 2.45 bits per heavy atom. The summed E-state index contributed by atoms with van der Waals surface area (Å²) in [5, 5.41) is 0. The van der Waals surface area contributed by atoms with Gasteiger partial charge in [-0.25, -0.2) is 0 Å². The van der Waals surface area contributed by atoms with Crippen LogP contribution in [0.25, 0.3) is 0 Å². The molecule has 1 saturated carbocycles. The molecule has 116 valence electrons. The number of alkyl halides is 1. The molecule has 0 radical (unpaired) electrons. The molecule has 0 aromatic heterocycles. The summed E-state index contributed by atoms with van der Waals surface area (Å²) >= 11 is 5.97. The van der Waals surface area contributed by atoms with Gasteiger partial charge in [0.15, 0.2) is 0 Å². The lowest BCUT2D eigenvalue weighted by molar-refractivity contribution is -0.145. The summed E-state index contributed by atoms with van der Waals surface area (Å²) in [7, 11) is 0. The first-order chi connectivity index (χ1) is 9.43. The van der Waals surface area contributed by atoms with E-state index in [1.54, 1.807) is 0 Å². The van der Waals surface area contributed by atoms with Gasteiger partial charge in [0.05, 0.1) is 19.3 Å². The highest BCUT2D eigenvalue weighted by atomic mass is 35.5. The normalized spacial score (nSPS) is 32.2. The summed E-state index contributed by atoms with van der Waals surface area (Å²) in [4.78, 5) is 14.7. The van der Waals surface area contributed by atoms with Crippen molar-refractivity contribution in [1.29, 1.82) is 0 Å². The minimum atomic E-state index is 0.0678. The molecule has 1 atom stereocenters. The van der Waals surface area contributed by atoms with Crippen LogP contribution in [0, 0.1) is 17.3 Å². The summed E-state index contributed by atoms with van der Waals surface area (Å²) in [6.45, 7) is 8.88. The highest BCUT2D eigenvalue weighted by molar-refractivity contribution is 6.18. The lowest BCUT2D eigenvalue weighted by Gasteiger charge is -2.40. The molecule has 1 unspecified atom stereocenters. The minimum Gasteiger partial charge on any atom is -0.377 e. The molecule has 0 aromatic carbocycles. The summed E-state index contributed by atoms with van der Waals surface area (Å²) in [6.07, 6.45) is 4.42. The average molecular weight is 302 g/mol. The van der Waals surface area contributed by atoms with Crippen LogP contribution < -0.4 is 0 Å². The topological polar surface area (TPSA) is 29.5 Å². The van der Waals surface area contributed by atoms with Gasteiger partial charge in [-0.2, -0.15) is 0 Å². The summed E-state index contributed by atoms with van der Waals surface area (Å²) in [5.74, 6) is 1.74. The van der Waals surface area contributed by atoms with Crippen LogP contribution in [-0.4, -0.2) is 42.5 Å². The van der Waals surface area contributed by atoms with Gasteiger partial charge in [-0.15, -0.1) is 11.6 Å². The zero-order valence-electron chi connectivity index (χ0n) is 13.0. The van der Waals surface area contributed by atoms with E-state index >= 15 is 0 Å². The van der Waals surface area contributed by atoms with Gasteiger partial charge in [0.1, 0.15) is 0 Å². The molecule has 0 bridgehead atoms. The molecule has 0 aromatic rings. The number of ether oxygens (including phenoxy) is 1. The van der Waals surface area contributed by atoms with Crippen molar-refractivity contribution in [3.05, 3.63) is 0 Å². The number of carbonyl (C=O) groups excluding carboxylic acids is 1. The molecule has 1 aliphatic carbocycles. The maximum Gasteiger partial charge on any atom is 0.226 e. The van der Waals surface area contributed by atoms with E-state index in [0.717, 1.165) is 18.8 Å². The standard InChI is InChI=1S/C16H28ClNO2/c1-16(2,3)13-6-4-12(5-7-13)15(19)18-8-9-20-11-14(18)10-17/h12-14H,4-11H2,1-3H3. The first kappa shape index (κ1) is 16.1. The highest BCUT2D eigenvalue weighted by Gasteiger charge is 2.36.